The number of thiophene rings is 1. The first kappa shape index (κ1) is 14.5. The summed E-state index contributed by atoms with van der Waals surface area (Å²) in [7, 11) is 1.64. The van der Waals surface area contributed by atoms with Crippen LogP contribution in [0.4, 0.5) is 10.7 Å². The standard InChI is InChI=1S/C13H21N3OS2/c1-8-4-6-16(7-5-8)13-11(18-3)9(14)10(19-13)12(17)15-2/h8H,4-7,14H2,1-3H3,(H,15,17). The van der Waals surface area contributed by atoms with Gasteiger partial charge in [-0.05, 0) is 25.0 Å². The summed E-state index contributed by atoms with van der Waals surface area (Å²) in [6.45, 7) is 4.41. The van der Waals surface area contributed by atoms with E-state index in [0.717, 1.165) is 28.9 Å². The largest absolute Gasteiger partial charge is 0.396 e. The van der Waals surface area contributed by atoms with Gasteiger partial charge in [-0.3, -0.25) is 4.79 Å². The minimum atomic E-state index is -0.0885. The van der Waals surface area contributed by atoms with Gasteiger partial charge in [0.15, 0.2) is 0 Å². The summed E-state index contributed by atoms with van der Waals surface area (Å²) in [4.78, 5) is 15.9. The van der Waals surface area contributed by atoms with Crippen molar-refractivity contribution in [2.75, 3.05) is 37.0 Å². The van der Waals surface area contributed by atoms with E-state index >= 15 is 0 Å². The van der Waals surface area contributed by atoms with Crippen molar-refractivity contribution in [1.82, 2.24) is 5.32 Å². The number of nitrogen functional groups attached to an aromatic ring is 1. The summed E-state index contributed by atoms with van der Waals surface area (Å²) < 4.78 is 0. The van der Waals surface area contributed by atoms with E-state index in [9.17, 15) is 4.79 Å². The second kappa shape index (κ2) is 6.05. The van der Waals surface area contributed by atoms with Crippen LogP contribution in [-0.4, -0.2) is 32.3 Å². The lowest BCUT2D eigenvalue weighted by molar-refractivity contribution is 0.0968. The molecule has 0 saturated carbocycles. The fourth-order valence-corrected chi connectivity index (χ4v) is 4.50. The second-order valence-corrected chi connectivity index (χ2v) is 6.75. The summed E-state index contributed by atoms with van der Waals surface area (Å²) in [6.07, 6.45) is 4.43. The van der Waals surface area contributed by atoms with Crippen molar-refractivity contribution >= 4 is 39.7 Å². The molecule has 6 heteroatoms. The Bertz CT molecular complexity index is 465. The van der Waals surface area contributed by atoms with Crippen molar-refractivity contribution in [2.45, 2.75) is 24.7 Å². The van der Waals surface area contributed by atoms with Crippen LogP contribution in [0.1, 0.15) is 29.4 Å². The number of nitrogens with one attached hydrogen (secondary N) is 1. The van der Waals surface area contributed by atoms with Gasteiger partial charge in [-0.25, -0.2) is 0 Å². The Hall–Kier alpha value is -0.880. The maximum absolute atomic E-state index is 11.8. The molecule has 0 atom stereocenters. The molecule has 1 aromatic rings. The Balaban J connectivity index is 2.32. The van der Waals surface area contributed by atoms with Gasteiger partial charge >= 0.3 is 0 Å². The zero-order chi connectivity index (χ0) is 14.0. The molecular formula is C13H21N3OS2. The number of rotatable bonds is 3. The van der Waals surface area contributed by atoms with Gasteiger partial charge in [-0.15, -0.1) is 23.1 Å². The summed E-state index contributed by atoms with van der Waals surface area (Å²) >= 11 is 3.15. The number of thioether (sulfide) groups is 1. The van der Waals surface area contributed by atoms with Crippen molar-refractivity contribution in [1.29, 1.82) is 0 Å². The minimum Gasteiger partial charge on any atom is -0.396 e. The molecule has 0 radical (unpaired) electrons. The van der Waals surface area contributed by atoms with Crippen LogP contribution in [-0.2, 0) is 0 Å². The van der Waals surface area contributed by atoms with Crippen LogP contribution in [0.3, 0.4) is 0 Å². The van der Waals surface area contributed by atoms with Crippen LogP contribution in [0.5, 0.6) is 0 Å². The van der Waals surface area contributed by atoms with E-state index in [1.165, 1.54) is 24.2 Å². The molecule has 1 fully saturated rings. The molecule has 2 rings (SSSR count). The first-order valence-corrected chi connectivity index (χ1v) is 8.55. The molecule has 106 valence electrons. The van der Waals surface area contributed by atoms with E-state index in [4.69, 9.17) is 5.73 Å². The lowest BCUT2D eigenvalue weighted by atomic mass is 9.99. The maximum atomic E-state index is 11.8. The zero-order valence-electron chi connectivity index (χ0n) is 11.7. The highest BCUT2D eigenvalue weighted by molar-refractivity contribution is 7.99. The third-order valence-corrected chi connectivity index (χ3v) is 5.81. The molecule has 3 N–H and O–H groups in total. The Morgan fingerprint density at radius 2 is 2.11 bits per heavy atom. The molecule has 4 nitrogen and oxygen atoms in total. The molecule has 1 aliphatic heterocycles. The third-order valence-electron chi connectivity index (χ3n) is 3.59. The van der Waals surface area contributed by atoms with Crippen LogP contribution < -0.4 is 16.0 Å². The number of carbonyl (C=O) groups is 1. The van der Waals surface area contributed by atoms with Gasteiger partial charge < -0.3 is 16.0 Å². The lowest BCUT2D eigenvalue weighted by Crippen LogP contribution is -2.32. The molecule has 1 aliphatic rings. The third kappa shape index (κ3) is 2.84. The van der Waals surface area contributed by atoms with E-state index in [-0.39, 0.29) is 5.91 Å². The van der Waals surface area contributed by atoms with Crippen LogP contribution in [0.25, 0.3) is 0 Å². The summed E-state index contributed by atoms with van der Waals surface area (Å²) in [6, 6.07) is 0. The topological polar surface area (TPSA) is 58.4 Å². The Morgan fingerprint density at radius 1 is 1.47 bits per heavy atom. The first-order chi connectivity index (χ1) is 9.08. The van der Waals surface area contributed by atoms with Gasteiger partial charge in [0.05, 0.1) is 10.6 Å². The highest BCUT2D eigenvalue weighted by Crippen LogP contribution is 2.44. The number of nitrogens with zero attached hydrogens (tertiary/aromatic N) is 1. The molecule has 0 unspecified atom stereocenters. The first-order valence-electron chi connectivity index (χ1n) is 6.51. The van der Waals surface area contributed by atoms with Gasteiger partial charge in [-0.1, -0.05) is 6.92 Å². The summed E-state index contributed by atoms with van der Waals surface area (Å²) in [5, 5.41) is 3.82. The molecule has 19 heavy (non-hydrogen) atoms. The van der Waals surface area contributed by atoms with Crippen molar-refractivity contribution in [3.63, 3.8) is 0 Å². The zero-order valence-corrected chi connectivity index (χ0v) is 13.3. The maximum Gasteiger partial charge on any atom is 0.263 e. The smallest absolute Gasteiger partial charge is 0.263 e. The molecular weight excluding hydrogens is 278 g/mol. The number of anilines is 2. The van der Waals surface area contributed by atoms with E-state index in [2.05, 4.69) is 17.1 Å². The monoisotopic (exact) mass is 299 g/mol. The van der Waals surface area contributed by atoms with Crippen molar-refractivity contribution in [2.24, 2.45) is 5.92 Å². The average Bonchev–Trinajstić information content (AvgIpc) is 2.75. The normalized spacial score (nSPS) is 16.7. The van der Waals surface area contributed by atoms with Gasteiger partial charge in [0, 0.05) is 20.1 Å². The van der Waals surface area contributed by atoms with Crippen molar-refractivity contribution < 1.29 is 4.79 Å². The predicted octanol–water partition coefficient (Wildman–Crippen LogP) is 2.65. The summed E-state index contributed by atoms with van der Waals surface area (Å²) in [5.74, 6) is 0.708. The van der Waals surface area contributed by atoms with E-state index in [1.807, 2.05) is 6.26 Å². The number of hydrogen-bond acceptors (Lipinski definition) is 5. The van der Waals surface area contributed by atoms with Crippen LogP contribution in [0.15, 0.2) is 4.90 Å². The van der Waals surface area contributed by atoms with Crippen molar-refractivity contribution in [3.05, 3.63) is 4.88 Å². The SMILES string of the molecule is CNC(=O)c1sc(N2CCC(C)CC2)c(SC)c1N. The molecule has 0 spiro atoms. The average molecular weight is 299 g/mol. The van der Waals surface area contributed by atoms with E-state index in [1.54, 1.807) is 18.8 Å². The molecule has 1 saturated heterocycles. The molecule has 0 aromatic carbocycles. The van der Waals surface area contributed by atoms with Crippen LogP contribution in [0.2, 0.25) is 0 Å². The minimum absolute atomic E-state index is 0.0885. The Labute approximate surface area is 122 Å². The highest BCUT2D eigenvalue weighted by atomic mass is 32.2. The quantitative estimate of drug-likeness (QED) is 0.843. The van der Waals surface area contributed by atoms with Gasteiger partial charge in [0.25, 0.3) is 5.91 Å². The molecule has 1 aromatic heterocycles. The number of nitrogens with two attached hydrogens (primary N) is 1. The molecule has 1 amide bonds. The van der Waals surface area contributed by atoms with E-state index in [0.29, 0.717) is 10.6 Å². The van der Waals surface area contributed by atoms with Crippen LogP contribution >= 0.6 is 23.1 Å². The molecule has 2 heterocycles. The van der Waals surface area contributed by atoms with Gasteiger partial charge in [0.2, 0.25) is 0 Å². The Kier molecular flexibility index (Phi) is 4.62. The number of hydrogen-bond donors (Lipinski definition) is 2. The summed E-state index contributed by atoms with van der Waals surface area (Å²) in [5.41, 5.74) is 6.76. The fraction of sp³-hybridized carbons (Fsp3) is 0.615. The Morgan fingerprint density at radius 3 is 2.63 bits per heavy atom. The van der Waals surface area contributed by atoms with Crippen molar-refractivity contribution in [3.8, 4) is 0 Å². The molecule has 0 bridgehead atoms. The van der Waals surface area contributed by atoms with E-state index < -0.39 is 0 Å². The number of carbonyl (C=O) groups excluding carboxylic acids is 1. The predicted molar refractivity (Wildman–Crippen MR) is 84.5 cm³/mol. The molecule has 0 aliphatic carbocycles. The second-order valence-electron chi connectivity index (χ2n) is 4.93. The fourth-order valence-electron chi connectivity index (χ4n) is 2.32. The highest BCUT2D eigenvalue weighted by Gasteiger charge is 2.25. The number of piperidine rings is 1. The van der Waals surface area contributed by atoms with Gasteiger partial charge in [0.1, 0.15) is 9.88 Å². The van der Waals surface area contributed by atoms with Gasteiger partial charge in [-0.2, -0.15) is 0 Å². The number of amides is 1. The van der Waals surface area contributed by atoms with Crippen LogP contribution in [0, 0.1) is 5.92 Å². The lowest BCUT2D eigenvalue weighted by Gasteiger charge is -2.31.